The summed E-state index contributed by atoms with van der Waals surface area (Å²) in [6.07, 6.45) is 0. The number of fused-ring (bicyclic) bond motifs is 21. The highest BCUT2D eigenvalue weighted by atomic mass is 15.0. The van der Waals surface area contributed by atoms with Crippen LogP contribution in [-0.2, 0) is 0 Å². The molecule has 58 heavy (non-hydrogen) atoms. The van der Waals surface area contributed by atoms with E-state index < -0.39 is 0 Å². The molecule has 15 rings (SSSR count). The molecule has 3 nitrogen and oxygen atoms in total. The second kappa shape index (κ2) is 10.2. The lowest BCUT2D eigenvalue weighted by molar-refractivity contribution is 1.15. The minimum atomic E-state index is 0.0655. The lowest BCUT2D eigenvalue weighted by atomic mass is 9.34. The summed E-state index contributed by atoms with van der Waals surface area (Å²) < 4.78 is 7.86. The predicted octanol–water partition coefficient (Wildman–Crippen LogP) is 11.6. The Labute approximate surface area is 331 Å². The third kappa shape index (κ3) is 3.31. The fraction of sp³-hybridized carbons (Fsp3) is 0. The van der Waals surface area contributed by atoms with Gasteiger partial charge in [-0.15, -0.1) is 0 Å². The average Bonchev–Trinajstić information content (AvgIpc) is 3.94. The van der Waals surface area contributed by atoms with Gasteiger partial charge in [0.25, 0.3) is 6.71 Å². The van der Waals surface area contributed by atoms with Crippen molar-refractivity contribution in [3.05, 3.63) is 182 Å². The monoisotopic (exact) mass is 731 g/mol. The quantitative estimate of drug-likeness (QED) is 0.138. The molecular formula is C54H30BN3. The first-order valence-corrected chi connectivity index (χ1v) is 20.3. The number of benzene rings is 9. The van der Waals surface area contributed by atoms with E-state index in [0.29, 0.717) is 0 Å². The van der Waals surface area contributed by atoms with Gasteiger partial charge < -0.3 is 13.5 Å². The van der Waals surface area contributed by atoms with Crippen LogP contribution in [0.2, 0.25) is 0 Å². The van der Waals surface area contributed by atoms with Gasteiger partial charge in [-0.1, -0.05) is 158 Å². The second-order valence-electron chi connectivity index (χ2n) is 16.3. The van der Waals surface area contributed by atoms with E-state index in [0.717, 1.165) is 0 Å². The third-order valence-electron chi connectivity index (χ3n) is 13.8. The van der Waals surface area contributed by atoms with Gasteiger partial charge in [0, 0.05) is 59.8 Å². The average molecular weight is 732 g/mol. The van der Waals surface area contributed by atoms with Crippen LogP contribution in [0.3, 0.4) is 0 Å². The third-order valence-corrected chi connectivity index (χ3v) is 13.8. The summed E-state index contributed by atoms with van der Waals surface area (Å²) in [5.74, 6) is 0. The van der Waals surface area contributed by atoms with Gasteiger partial charge in [0.15, 0.2) is 0 Å². The maximum atomic E-state index is 2.64. The zero-order valence-corrected chi connectivity index (χ0v) is 31.2. The van der Waals surface area contributed by atoms with Crippen LogP contribution in [-0.4, -0.2) is 20.2 Å². The van der Waals surface area contributed by atoms with Crippen molar-refractivity contribution in [1.29, 1.82) is 0 Å². The fourth-order valence-corrected chi connectivity index (χ4v) is 11.7. The molecule has 13 aromatic rings. The minimum absolute atomic E-state index is 0.0655. The Morgan fingerprint density at radius 3 is 1.34 bits per heavy atom. The maximum absolute atomic E-state index is 2.64. The van der Waals surface area contributed by atoms with E-state index in [9.17, 15) is 0 Å². The summed E-state index contributed by atoms with van der Waals surface area (Å²) >= 11 is 0. The Kier molecular flexibility index (Phi) is 5.24. The molecule has 4 heteroatoms. The smallest absolute Gasteiger partial charge is 0.252 e. The molecule has 0 fully saturated rings. The van der Waals surface area contributed by atoms with Crippen LogP contribution in [0.5, 0.6) is 0 Å². The van der Waals surface area contributed by atoms with Gasteiger partial charge in [-0.05, 0) is 62.2 Å². The van der Waals surface area contributed by atoms with Crippen LogP contribution in [0.25, 0.3) is 115 Å². The molecule has 2 aliphatic rings. The molecule has 4 aromatic heterocycles. The van der Waals surface area contributed by atoms with Gasteiger partial charge in [0.05, 0.1) is 33.3 Å². The summed E-state index contributed by atoms with van der Waals surface area (Å²) in [5, 5.41) is 15.2. The van der Waals surface area contributed by atoms with Crippen LogP contribution in [0.4, 0.5) is 0 Å². The standard InChI is InChI=1S/C54H30BN3/c1-3-16-33-31(14-1)32-15-2-4-17-34(32)38-21-11-24-41-49-47(56(51(38)41)44-27-8-5-18-35(33)44)30-48-50-54(49)58-46-29-10-7-20-37(46)40-23-13-26-43(53(40)58)55(50)42-25-12-22-39-36-19-6-9-28-45(36)57(48)52(39)42/h1-30H. The van der Waals surface area contributed by atoms with Crippen molar-refractivity contribution in [3.63, 3.8) is 0 Å². The van der Waals surface area contributed by atoms with Crippen LogP contribution < -0.4 is 16.4 Å². The van der Waals surface area contributed by atoms with E-state index in [1.807, 2.05) is 0 Å². The first-order chi connectivity index (χ1) is 28.8. The highest BCUT2D eigenvalue weighted by molar-refractivity contribution is 7.00. The Hall–Kier alpha value is -7.56. The maximum Gasteiger partial charge on any atom is 0.252 e. The Morgan fingerprint density at radius 2 is 0.724 bits per heavy atom. The number of para-hydroxylation sites is 6. The predicted molar refractivity (Wildman–Crippen MR) is 247 cm³/mol. The van der Waals surface area contributed by atoms with E-state index in [1.165, 1.54) is 131 Å². The number of aromatic nitrogens is 3. The van der Waals surface area contributed by atoms with Gasteiger partial charge in [-0.2, -0.15) is 0 Å². The fourth-order valence-electron chi connectivity index (χ4n) is 11.7. The Bertz CT molecular complexity index is 4100. The summed E-state index contributed by atoms with van der Waals surface area (Å²) in [7, 11) is 0. The Balaban J connectivity index is 1.32. The normalized spacial score (nSPS) is 13.1. The van der Waals surface area contributed by atoms with E-state index in [4.69, 9.17) is 0 Å². The molecule has 264 valence electrons. The molecule has 0 aliphatic carbocycles. The van der Waals surface area contributed by atoms with E-state index in [-0.39, 0.29) is 6.71 Å². The van der Waals surface area contributed by atoms with Crippen LogP contribution in [0.1, 0.15) is 0 Å². The van der Waals surface area contributed by atoms with Gasteiger partial charge >= 0.3 is 0 Å². The first-order valence-electron chi connectivity index (χ1n) is 20.3. The Morgan fingerprint density at radius 1 is 0.310 bits per heavy atom. The summed E-state index contributed by atoms with van der Waals surface area (Å²) in [6, 6.07) is 68.7. The highest BCUT2D eigenvalue weighted by Crippen LogP contribution is 2.46. The van der Waals surface area contributed by atoms with Gasteiger partial charge in [-0.25, -0.2) is 0 Å². The second-order valence-corrected chi connectivity index (χ2v) is 16.3. The SMILES string of the molecule is c1ccc2c(c1)c1ccccc1c1cccc3c4c5c6c(cc4n(c4ccccc24)c13)-n1c2ccccc2c2cccc(c21)B6c1cccc2c3ccccc3n-5c12. The molecule has 2 aliphatic heterocycles. The molecule has 0 bridgehead atoms. The molecule has 0 radical (unpaired) electrons. The number of rotatable bonds is 0. The van der Waals surface area contributed by atoms with E-state index in [1.54, 1.807) is 0 Å². The zero-order valence-electron chi connectivity index (χ0n) is 31.2. The molecule has 0 N–H and O–H groups in total. The number of hydrogen-bond acceptors (Lipinski definition) is 0. The van der Waals surface area contributed by atoms with Crippen molar-refractivity contribution in [2.24, 2.45) is 0 Å². The van der Waals surface area contributed by atoms with Crippen molar-refractivity contribution in [2.75, 3.05) is 0 Å². The van der Waals surface area contributed by atoms with Crippen molar-refractivity contribution < 1.29 is 0 Å². The topological polar surface area (TPSA) is 14.3 Å². The van der Waals surface area contributed by atoms with Crippen LogP contribution in [0.15, 0.2) is 182 Å². The van der Waals surface area contributed by atoms with Gasteiger partial charge in [0.1, 0.15) is 0 Å². The molecule has 0 spiro atoms. The van der Waals surface area contributed by atoms with Gasteiger partial charge in [0.2, 0.25) is 0 Å². The molecular weight excluding hydrogens is 701 g/mol. The highest BCUT2D eigenvalue weighted by Gasteiger charge is 2.42. The van der Waals surface area contributed by atoms with Crippen molar-refractivity contribution >= 4 is 126 Å². The largest absolute Gasteiger partial charge is 0.310 e. The van der Waals surface area contributed by atoms with Crippen LogP contribution in [0, 0.1) is 0 Å². The molecule has 0 atom stereocenters. The van der Waals surface area contributed by atoms with Crippen molar-refractivity contribution in [1.82, 2.24) is 13.5 Å². The molecule has 9 aromatic carbocycles. The van der Waals surface area contributed by atoms with Gasteiger partial charge in [-0.3, -0.25) is 0 Å². The van der Waals surface area contributed by atoms with Crippen molar-refractivity contribution in [3.8, 4) is 11.4 Å². The lowest BCUT2D eigenvalue weighted by Crippen LogP contribution is -2.59. The summed E-state index contributed by atoms with van der Waals surface area (Å²) in [6.45, 7) is 0.0655. The van der Waals surface area contributed by atoms with E-state index in [2.05, 4.69) is 196 Å². The number of nitrogens with zero attached hydrogens (tertiary/aromatic N) is 3. The molecule has 0 unspecified atom stereocenters. The summed E-state index contributed by atoms with van der Waals surface area (Å²) in [4.78, 5) is 0. The summed E-state index contributed by atoms with van der Waals surface area (Å²) in [5.41, 5.74) is 15.5. The van der Waals surface area contributed by atoms with E-state index >= 15 is 0 Å². The first kappa shape index (κ1) is 29.7. The van der Waals surface area contributed by atoms with Crippen LogP contribution >= 0.6 is 0 Å². The van der Waals surface area contributed by atoms with Crippen molar-refractivity contribution in [2.45, 2.75) is 0 Å². The zero-order chi connectivity index (χ0) is 37.4. The number of hydrogen-bond donors (Lipinski definition) is 0. The molecule has 0 saturated carbocycles. The molecule has 0 amide bonds. The molecule has 6 heterocycles. The molecule has 0 saturated heterocycles. The minimum Gasteiger partial charge on any atom is -0.310 e. The lowest BCUT2D eigenvalue weighted by Gasteiger charge is -2.34.